The molecule has 0 aliphatic carbocycles. The summed E-state index contributed by atoms with van der Waals surface area (Å²) in [5.41, 5.74) is 8.24. The van der Waals surface area contributed by atoms with E-state index in [2.05, 4.69) is 38.2 Å². The summed E-state index contributed by atoms with van der Waals surface area (Å²) in [6, 6.07) is 8.33. The third-order valence-corrected chi connectivity index (χ3v) is 3.43. The molecule has 1 aromatic rings. The molecule has 0 saturated heterocycles. The van der Waals surface area contributed by atoms with E-state index in [0.29, 0.717) is 19.5 Å². The topological polar surface area (TPSA) is 55.1 Å². The van der Waals surface area contributed by atoms with Crippen LogP contribution in [0.1, 0.15) is 37.8 Å². The van der Waals surface area contributed by atoms with E-state index in [9.17, 15) is 4.79 Å². The van der Waals surface area contributed by atoms with Crippen molar-refractivity contribution in [3.8, 4) is 0 Å². The molecule has 0 aromatic heterocycles. The molecule has 0 radical (unpaired) electrons. The molecule has 3 nitrogen and oxygen atoms in total. The van der Waals surface area contributed by atoms with E-state index in [4.69, 9.17) is 5.73 Å². The molecule has 0 atom stereocenters. The second kappa shape index (κ2) is 7.29. The van der Waals surface area contributed by atoms with Gasteiger partial charge in [0, 0.05) is 13.0 Å². The summed E-state index contributed by atoms with van der Waals surface area (Å²) in [4.78, 5) is 11.7. The van der Waals surface area contributed by atoms with Gasteiger partial charge in [-0.3, -0.25) is 4.79 Å². The second-order valence-corrected chi connectivity index (χ2v) is 5.93. The fourth-order valence-electron chi connectivity index (χ4n) is 1.83. The molecule has 1 amide bonds. The number of carbonyl (C=O) groups is 1. The Morgan fingerprint density at radius 2 is 2.00 bits per heavy atom. The molecule has 106 valence electrons. The second-order valence-electron chi connectivity index (χ2n) is 5.93. The Labute approximate surface area is 116 Å². The van der Waals surface area contributed by atoms with Crippen molar-refractivity contribution in [2.45, 2.75) is 40.0 Å². The Balaban J connectivity index is 2.26. The van der Waals surface area contributed by atoms with Crippen molar-refractivity contribution >= 4 is 5.91 Å². The monoisotopic (exact) mass is 262 g/mol. The first-order valence-electron chi connectivity index (χ1n) is 6.96. The van der Waals surface area contributed by atoms with E-state index in [0.717, 1.165) is 12.8 Å². The normalized spacial score (nSPS) is 11.4. The van der Waals surface area contributed by atoms with Gasteiger partial charge in [0.05, 0.1) is 0 Å². The minimum atomic E-state index is -0.0221. The first kappa shape index (κ1) is 15.7. The van der Waals surface area contributed by atoms with E-state index in [1.54, 1.807) is 0 Å². The molecule has 3 N–H and O–H groups in total. The van der Waals surface area contributed by atoms with Gasteiger partial charge in [0.15, 0.2) is 0 Å². The van der Waals surface area contributed by atoms with Crippen molar-refractivity contribution in [2.75, 3.05) is 13.1 Å². The van der Waals surface area contributed by atoms with Crippen molar-refractivity contribution in [1.82, 2.24) is 5.32 Å². The van der Waals surface area contributed by atoms with E-state index >= 15 is 0 Å². The molecule has 0 saturated carbocycles. The molecule has 0 unspecified atom stereocenters. The molecular formula is C16H26N2O. The Kier molecular flexibility index (Phi) is 6.03. The molecule has 3 heteroatoms. The van der Waals surface area contributed by atoms with Crippen LogP contribution in [0.15, 0.2) is 24.3 Å². The highest BCUT2D eigenvalue weighted by atomic mass is 16.1. The maximum atomic E-state index is 11.7. The molecule has 0 aliphatic rings. The van der Waals surface area contributed by atoms with Crippen molar-refractivity contribution in [1.29, 1.82) is 0 Å². The zero-order chi connectivity index (χ0) is 14.3. The van der Waals surface area contributed by atoms with Crippen LogP contribution in [0.2, 0.25) is 0 Å². The summed E-state index contributed by atoms with van der Waals surface area (Å²) in [6.07, 6.45) is 2.43. The highest BCUT2D eigenvalue weighted by Gasteiger charge is 2.16. The van der Waals surface area contributed by atoms with Gasteiger partial charge in [0.2, 0.25) is 5.91 Å². The van der Waals surface area contributed by atoms with Crippen LogP contribution in [-0.2, 0) is 11.2 Å². The Morgan fingerprint density at radius 3 is 2.63 bits per heavy atom. The van der Waals surface area contributed by atoms with Crippen molar-refractivity contribution in [2.24, 2.45) is 11.1 Å². The third-order valence-electron chi connectivity index (χ3n) is 3.43. The van der Waals surface area contributed by atoms with Crippen molar-refractivity contribution in [3.05, 3.63) is 35.4 Å². The van der Waals surface area contributed by atoms with Gasteiger partial charge in [-0.2, -0.15) is 0 Å². The molecule has 0 spiro atoms. The minimum Gasteiger partial charge on any atom is -0.356 e. The molecule has 1 rings (SSSR count). The lowest BCUT2D eigenvalue weighted by molar-refractivity contribution is -0.121. The zero-order valence-corrected chi connectivity index (χ0v) is 12.3. The number of amides is 1. The van der Waals surface area contributed by atoms with Crippen LogP contribution in [0.4, 0.5) is 0 Å². The average molecular weight is 262 g/mol. The van der Waals surface area contributed by atoms with Crippen LogP contribution in [-0.4, -0.2) is 19.0 Å². The van der Waals surface area contributed by atoms with E-state index in [1.807, 2.05) is 12.1 Å². The number of benzene rings is 1. The number of nitrogens with one attached hydrogen (secondary N) is 1. The maximum Gasteiger partial charge on any atom is 0.220 e. The first-order valence-corrected chi connectivity index (χ1v) is 6.96. The summed E-state index contributed by atoms with van der Waals surface area (Å²) in [5.74, 6) is 0.120. The SMILES string of the molecule is Cc1ccccc1CCCC(=O)NCC(C)(C)CN. The number of hydrogen-bond donors (Lipinski definition) is 2. The summed E-state index contributed by atoms with van der Waals surface area (Å²) in [5, 5.41) is 2.96. The maximum absolute atomic E-state index is 11.7. The fourth-order valence-corrected chi connectivity index (χ4v) is 1.83. The lowest BCUT2D eigenvalue weighted by Crippen LogP contribution is -2.38. The quantitative estimate of drug-likeness (QED) is 0.793. The number of aryl methyl sites for hydroxylation is 2. The molecule has 19 heavy (non-hydrogen) atoms. The lowest BCUT2D eigenvalue weighted by atomic mass is 9.94. The van der Waals surface area contributed by atoms with Crippen LogP contribution in [0, 0.1) is 12.3 Å². The van der Waals surface area contributed by atoms with Gasteiger partial charge < -0.3 is 11.1 Å². The summed E-state index contributed by atoms with van der Waals surface area (Å²) in [7, 11) is 0. The lowest BCUT2D eigenvalue weighted by Gasteiger charge is -2.22. The zero-order valence-electron chi connectivity index (χ0n) is 12.3. The van der Waals surface area contributed by atoms with E-state index < -0.39 is 0 Å². The summed E-state index contributed by atoms with van der Waals surface area (Å²) in [6.45, 7) is 7.45. The van der Waals surface area contributed by atoms with Gasteiger partial charge >= 0.3 is 0 Å². The number of rotatable bonds is 7. The van der Waals surface area contributed by atoms with Crippen LogP contribution < -0.4 is 11.1 Å². The Morgan fingerprint density at radius 1 is 1.32 bits per heavy atom. The molecular weight excluding hydrogens is 236 g/mol. The highest BCUT2D eigenvalue weighted by Crippen LogP contribution is 2.12. The predicted molar refractivity (Wildman–Crippen MR) is 80.0 cm³/mol. The van der Waals surface area contributed by atoms with Crippen LogP contribution in [0.5, 0.6) is 0 Å². The van der Waals surface area contributed by atoms with Crippen LogP contribution in [0.3, 0.4) is 0 Å². The number of nitrogens with two attached hydrogens (primary N) is 1. The first-order chi connectivity index (χ1) is 8.94. The van der Waals surface area contributed by atoms with E-state index in [1.165, 1.54) is 11.1 Å². The molecule has 1 aromatic carbocycles. The smallest absolute Gasteiger partial charge is 0.220 e. The molecule has 0 fully saturated rings. The average Bonchev–Trinajstić information content (AvgIpc) is 2.39. The van der Waals surface area contributed by atoms with E-state index in [-0.39, 0.29) is 11.3 Å². The van der Waals surface area contributed by atoms with Gasteiger partial charge in [-0.15, -0.1) is 0 Å². The van der Waals surface area contributed by atoms with Gasteiger partial charge in [0.1, 0.15) is 0 Å². The largest absolute Gasteiger partial charge is 0.356 e. The van der Waals surface area contributed by atoms with Crippen molar-refractivity contribution in [3.63, 3.8) is 0 Å². The van der Waals surface area contributed by atoms with Crippen LogP contribution in [0.25, 0.3) is 0 Å². The third kappa shape index (κ3) is 5.88. The predicted octanol–water partition coefficient (Wildman–Crippen LogP) is 2.42. The summed E-state index contributed by atoms with van der Waals surface area (Å²) >= 11 is 0. The van der Waals surface area contributed by atoms with Gasteiger partial charge in [-0.05, 0) is 42.9 Å². The highest BCUT2D eigenvalue weighted by molar-refractivity contribution is 5.75. The van der Waals surface area contributed by atoms with Gasteiger partial charge in [0.25, 0.3) is 0 Å². The molecule has 0 heterocycles. The van der Waals surface area contributed by atoms with Crippen LogP contribution >= 0.6 is 0 Å². The van der Waals surface area contributed by atoms with Crippen molar-refractivity contribution < 1.29 is 4.79 Å². The van der Waals surface area contributed by atoms with Gasteiger partial charge in [-0.25, -0.2) is 0 Å². The summed E-state index contributed by atoms with van der Waals surface area (Å²) < 4.78 is 0. The number of carbonyl (C=O) groups excluding carboxylic acids is 1. The Hall–Kier alpha value is -1.35. The fraction of sp³-hybridized carbons (Fsp3) is 0.562. The minimum absolute atomic E-state index is 0.0221. The van der Waals surface area contributed by atoms with Gasteiger partial charge in [-0.1, -0.05) is 38.1 Å². The Bertz CT molecular complexity index is 413. The molecule has 0 bridgehead atoms. The standard InChI is InChI=1S/C16H26N2O/c1-13-7-4-5-8-14(13)9-6-10-15(19)18-12-16(2,3)11-17/h4-5,7-8H,6,9-12,17H2,1-3H3,(H,18,19). The number of hydrogen-bond acceptors (Lipinski definition) is 2. The molecule has 0 aliphatic heterocycles.